The van der Waals surface area contributed by atoms with Gasteiger partial charge in [-0.2, -0.15) is 0 Å². The number of allylic oxidation sites excluding steroid dienone is 2. The average Bonchev–Trinajstić information content (AvgIpc) is 2.58. The molecule has 0 saturated heterocycles. The van der Waals surface area contributed by atoms with Crippen molar-refractivity contribution in [2.75, 3.05) is 67.6 Å². The summed E-state index contributed by atoms with van der Waals surface area (Å²) in [5, 5.41) is 31.4. The van der Waals surface area contributed by atoms with Crippen molar-refractivity contribution in [2.45, 2.75) is 20.8 Å². The molecule has 0 radical (unpaired) electrons. The Morgan fingerprint density at radius 2 is 0.958 bits per heavy atom. The normalized spacial score (nSPS) is 7.08. The molecule has 0 aromatic heterocycles. The molecule has 4 N–H and O–H groups in total. The predicted octanol–water partition coefficient (Wildman–Crippen LogP) is 1.26. The standard InChI is InChI=1S/C4H10O3.C3H8O.2C3H6.C2H6O2.C2H6O/c5-1-3-7-4-2-6;1-3-4-2;2*1-3-2;3-1-2-4;1-3-2/h5-6H,1-4H2;3H2,1-2H3;2*3H,1H2,2H3;3-4H,1-2H2;1-2H3. The molecule has 0 aromatic rings. The summed E-state index contributed by atoms with van der Waals surface area (Å²) in [7, 11) is 4.93. The van der Waals surface area contributed by atoms with Crippen LogP contribution in [-0.4, -0.2) is 88.0 Å². The van der Waals surface area contributed by atoms with Crippen LogP contribution in [0.1, 0.15) is 20.8 Å². The van der Waals surface area contributed by atoms with Gasteiger partial charge in [-0.3, -0.25) is 0 Å². The molecular weight excluding hydrogens is 316 g/mol. The van der Waals surface area contributed by atoms with Crippen LogP contribution in [0.2, 0.25) is 0 Å². The van der Waals surface area contributed by atoms with Crippen molar-refractivity contribution in [2.24, 2.45) is 0 Å². The van der Waals surface area contributed by atoms with E-state index in [-0.39, 0.29) is 26.4 Å². The molecule has 7 nitrogen and oxygen atoms in total. The lowest BCUT2D eigenvalue weighted by Crippen LogP contribution is -2.03. The molecule has 0 atom stereocenters. The lowest BCUT2D eigenvalue weighted by molar-refractivity contribution is 0.0650. The van der Waals surface area contributed by atoms with Crippen molar-refractivity contribution in [1.82, 2.24) is 0 Å². The van der Waals surface area contributed by atoms with Gasteiger partial charge in [-0.15, -0.1) is 13.2 Å². The topological polar surface area (TPSA) is 109 Å². The second kappa shape index (κ2) is 79.5. The first kappa shape index (κ1) is 38.6. The Hall–Kier alpha value is -0.800. The third kappa shape index (κ3) is 320. The first-order valence-electron chi connectivity index (χ1n) is 7.53. The minimum Gasteiger partial charge on any atom is -0.394 e. The van der Waals surface area contributed by atoms with Gasteiger partial charge in [0.2, 0.25) is 0 Å². The van der Waals surface area contributed by atoms with E-state index in [1.54, 1.807) is 33.5 Å². The lowest BCUT2D eigenvalue weighted by Gasteiger charge is -1.94. The molecule has 0 fully saturated rings. The van der Waals surface area contributed by atoms with Crippen LogP contribution in [0.4, 0.5) is 0 Å². The van der Waals surface area contributed by atoms with Gasteiger partial charge < -0.3 is 34.6 Å². The van der Waals surface area contributed by atoms with Gasteiger partial charge >= 0.3 is 0 Å². The smallest absolute Gasteiger partial charge is 0.0698 e. The summed E-state index contributed by atoms with van der Waals surface area (Å²) in [6, 6.07) is 0. The van der Waals surface area contributed by atoms with Gasteiger partial charge in [0, 0.05) is 27.9 Å². The maximum atomic E-state index is 8.09. The second-order valence-electron chi connectivity index (χ2n) is 3.31. The zero-order chi connectivity index (χ0) is 20.5. The summed E-state index contributed by atoms with van der Waals surface area (Å²) in [5.74, 6) is 0. The molecule has 0 aliphatic carbocycles. The van der Waals surface area contributed by atoms with Crippen LogP contribution in [0, 0.1) is 0 Å². The Morgan fingerprint density at radius 3 is 1.04 bits per heavy atom. The molecule has 0 amide bonds. The van der Waals surface area contributed by atoms with E-state index in [9.17, 15) is 0 Å². The summed E-state index contributed by atoms with van der Waals surface area (Å²) in [6.45, 7) is 13.7. The van der Waals surface area contributed by atoms with Crippen LogP contribution in [0.25, 0.3) is 0 Å². The van der Waals surface area contributed by atoms with E-state index in [2.05, 4.69) is 27.4 Å². The Balaban J connectivity index is -0.0000000422. The van der Waals surface area contributed by atoms with E-state index >= 15 is 0 Å². The molecule has 0 bridgehead atoms. The summed E-state index contributed by atoms with van der Waals surface area (Å²) < 4.78 is 13.4. The minimum absolute atomic E-state index is 0.0278. The molecule has 0 saturated carbocycles. The van der Waals surface area contributed by atoms with Crippen molar-refractivity contribution in [3.63, 3.8) is 0 Å². The van der Waals surface area contributed by atoms with Crippen LogP contribution < -0.4 is 0 Å². The van der Waals surface area contributed by atoms with Gasteiger partial charge in [-0.1, -0.05) is 12.2 Å². The van der Waals surface area contributed by atoms with Gasteiger partial charge in [0.25, 0.3) is 0 Å². The SMILES string of the molecule is C=CC.C=CC.CCOC.COC.OCCO.OCCOCCO. The average molecular weight is 359 g/mol. The zero-order valence-corrected chi connectivity index (χ0v) is 16.5. The molecule has 24 heavy (non-hydrogen) atoms. The number of ether oxygens (including phenoxy) is 3. The Kier molecular flexibility index (Phi) is 128. The quantitative estimate of drug-likeness (QED) is 0.418. The molecule has 0 spiro atoms. The van der Waals surface area contributed by atoms with Crippen LogP contribution in [0.15, 0.2) is 25.3 Å². The molecule has 0 heterocycles. The highest BCUT2D eigenvalue weighted by Gasteiger charge is 1.79. The van der Waals surface area contributed by atoms with Gasteiger partial charge in [-0.25, -0.2) is 0 Å². The number of aliphatic hydroxyl groups is 4. The minimum atomic E-state index is -0.125. The number of rotatable bonds is 6. The fourth-order valence-electron chi connectivity index (χ4n) is 0.231. The molecule has 0 aromatic carbocycles. The number of methoxy groups -OCH3 is 2. The van der Waals surface area contributed by atoms with Crippen LogP contribution in [0.5, 0.6) is 0 Å². The fourth-order valence-corrected chi connectivity index (χ4v) is 0.231. The highest BCUT2D eigenvalue weighted by atomic mass is 16.5. The predicted molar refractivity (Wildman–Crippen MR) is 101 cm³/mol. The van der Waals surface area contributed by atoms with Crippen LogP contribution >= 0.6 is 0 Å². The number of hydrogen-bond acceptors (Lipinski definition) is 7. The van der Waals surface area contributed by atoms with Gasteiger partial charge in [0.15, 0.2) is 0 Å². The summed E-state index contributed by atoms with van der Waals surface area (Å²) >= 11 is 0. The summed E-state index contributed by atoms with van der Waals surface area (Å²) in [6.07, 6.45) is 3.50. The highest BCUT2D eigenvalue weighted by molar-refractivity contribution is 4.51. The molecule has 152 valence electrons. The van der Waals surface area contributed by atoms with Crippen molar-refractivity contribution in [1.29, 1.82) is 0 Å². The third-order valence-electron chi connectivity index (χ3n) is 0.860. The monoisotopic (exact) mass is 358 g/mol. The Morgan fingerprint density at radius 1 is 0.750 bits per heavy atom. The van der Waals surface area contributed by atoms with Gasteiger partial charge in [0.1, 0.15) is 0 Å². The lowest BCUT2D eigenvalue weighted by atomic mass is 10.7. The Bertz CT molecular complexity index is 127. The van der Waals surface area contributed by atoms with E-state index in [1.165, 1.54) is 0 Å². The molecular formula is C17H42O7. The van der Waals surface area contributed by atoms with Gasteiger partial charge in [-0.05, 0) is 20.8 Å². The number of hydrogen-bond donors (Lipinski definition) is 4. The largest absolute Gasteiger partial charge is 0.394 e. The molecule has 0 unspecified atom stereocenters. The Labute approximate surface area is 149 Å². The fraction of sp³-hybridized carbons (Fsp3) is 0.765. The summed E-state index contributed by atoms with van der Waals surface area (Å²) in [5.41, 5.74) is 0. The highest BCUT2D eigenvalue weighted by Crippen LogP contribution is 1.68. The van der Waals surface area contributed by atoms with E-state index < -0.39 is 0 Å². The van der Waals surface area contributed by atoms with Crippen LogP contribution in [0.3, 0.4) is 0 Å². The zero-order valence-electron chi connectivity index (χ0n) is 16.5. The maximum absolute atomic E-state index is 8.09. The molecule has 7 heteroatoms. The molecule has 0 aliphatic heterocycles. The summed E-state index contributed by atoms with van der Waals surface area (Å²) in [4.78, 5) is 0. The number of aliphatic hydroxyl groups excluding tert-OH is 4. The van der Waals surface area contributed by atoms with E-state index in [4.69, 9.17) is 20.4 Å². The third-order valence-corrected chi connectivity index (χ3v) is 0.860. The van der Waals surface area contributed by atoms with Crippen molar-refractivity contribution in [3.8, 4) is 0 Å². The van der Waals surface area contributed by atoms with E-state index in [0.717, 1.165) is 6.61 Å². The van der Waals surface area contributed by atoms with E-state index in [1.807, 2.05) is 20.8 Å². The molecule has 0 aliphatic rings. The van der Waals surface area contributed by atoms with Crippen molar-refractivity contribution < 1.29 is 34.6 Å². The van der Waals surface area contributed by atoms with Gasteiger partial charge in [0.05, 0.1) is 39.6 Å². The van der Waals surface area contributed by atoms with E-state index in [0.29, 0.717) is 13.2 Å². The van der Waals surface area contributed by atoms with Crippen molar-refractivity contribution >= 4 is 0 Å². The first-order chi connectivity index (χ1) is 11.5. The maximum Gasteiger partial charge on any atom is 0.0698 e. The molecule has 0 rings (SSSR count). The van der Waals surface area contributed by atoms with Crippen LogP contribution in [-0.2, 0) is 14.2 Å². The first-order valence-corrected chi connectivity index (χ1v) is 7.53. The second-order valence-corrected chi connectivity index (χ2v) is 3.31. The van der Waals surface area contributed by atoms with Crippen molar-refractivity contribution in [3.05, 3.63) is 25.3 Å².